The fraction of sp³-hybridized carbons (Fsp3) is 0.250. The molecule has 2 nitrogen and oxygen atoms in total. The summed E-state index contributed by atoms with van der Waals surface area (Å²) in [4.78, 5) is 0. The molecule has 2 N–H and O–H groups in total. The minimum atomic E-state index is -4.36. The third-order valence-corrected chi connectivity index (χ3v) is 2.99. The van der Waals surface area contributed by atoms with Gasteiger partial charge in [-0.3, -0.25) is 0 Å². The molecule has 0 heterocycles. The lowest BCUT2D eigenvalue weighted by molar-refractivity contribution is -0.137. The maximum atomic E-state index is 12.8. The van der Waals surface area contributed by atoms with Crippen molar-refractivity contribution in [1.82, 2.24) is 0 Å². The van der Waals surface area contributed by atoms with Crippen LogP contribution >= 0.6 is 12.4 Å². The molecule has 2 rings (SSSR count). The van der Waals surface area contributed by atoms with Crippen molar-refractivity contribution < 1.29 is 17.9 Å². The minimum absolute atomic E-state index is 0. The van der Waals surface area contributed by atoms with Crippen LogP contribution in [0.25, 0.3) is 11.1 Å². The van der Waals surface area contributed by atoms with Crippen molar-refractivity contribution in [2.24, 2.45) is 5.73 Å². The molecule has 0 aliphatic carbocycles. The monoisotopic (exact) mass is 331 g/mol. The van der Waals surface area contributed by atoms with E-state index in [0.717, 1.165) is 12.1 Å². The molecule has 0 atom stereocenters. The van der Waals surface area contributed by atoms with Gasteiger partial charge in [0.25, 0.3) is 0 Å². The molecule has 2 aromatic rings. The van der Waals surface area contributed by atoms with Crippen molar-refractivity contribution in [2.45, 2.75) is 12.6 Å². The van der Waals surface area contributed by atoms with Gasteiger partial charge in [-0.15, -0.1) is 12.4 Å². The first-order valence-electron chi connectivity index (χ1n) is 6.62. The summed E-state index contributed by atoms with van der Waals surface area (Å²) in [6.45, 7) is 0.943. The van der Waals surface area contributed by atoms with Crippen LogP contribution in [0, 0.1) is 0 Å². The number of para-hydroxylation sites is 1. The minimum Gasteiger partial charge on any atom is -0.493 e. The Bertz CT molecular complexity index is 602. The number of halogens is 4. The van der Waals surface area contributed by atoms with Crippen LogP contribution in [0.3, 0.4) is 0 Å². The molecule has 0 aliphatic heterocycles. The number of hydrogen-bond acceptors (Lipinski definition) is 2. The average Bonchev–Trinajstić information content (AvgIpc) is 2.47. The van der Waals surface area contributed by atoms with Gasteiger partial charge >= 0.3 is 6.18 Å². The predicted molar refractivity (Wildman–Crippen MR) is 83.3 cm³/mol. The second-order valence-electron chi connectivity index (χ2n) is 4.57. The zero-order valence-corrected chi connectivity index (χ0v) is 12.6. The van der Waals surface area contributed by atoms with Crippen molar-refractivity contribution in [3.05, 3.63) is 54.1 Å². The van der Waals surface area contributed by atoms with Gasteiger partial charge in [0.15, 0.2) is 0 Å². The first kappa shape index (κ1) is 18.3. The summed E-state index contributed by atoms with van der Waals surface area (Å²) in [5, 5.41) is 0. The van der Waals surface area contributed by atoms with Gasteiger partial charge in [-0.2, -0.15) is 13.2 Å². The first-order valence-corrected chi connectivity index (χ1v) is 6.62. The third-order valence-electron chi connectivity index (χ3n) is 2.99. The standard InChI is InChI=1S/C16H16F3NO.ClH/c17-16(18,19)13-6-3-5-12(11-13)14-7-1-2-8-15(14)21-10-4-9-20;/h1-3,5-8,11H,4,9-10,20H2;1H. The molecule has 0 bridgehead atoms. The Morgan fingerprint density at radius 3 is 2.41 bits per heavy atom. The molecule has 0 aromatic heterocycles. The number of hydrogen-bond donors (Lipinski definition) is 1. The summed E-state index contributed by atoms with van der Waals surface area (Å²) < 4.78 is 44.0. The Morgan fingerprint density at radius 2 is 1.73 bits per heavy atom. The van der Waals surface area contributed by atoms with E-state index >= 15 is 0 Å². The van der Waals surface area contributed by atoms with Crippen molar-refractivity contribution in [2.75, 3.05) is 13.2 Å². The number of alkyl halides is 3. The quantitative estimate of drug-likeness (QED) is 0.817. The zero-order chi connectivity index (χ0) is 15.3. The highest BCUT2D eigenvalue weighted by molar-refractivity contribution is 5.85. The van der Waals surface area contributed by atoms with Gasteiger partial charge in [-0.25, -0.2) is 0 Å². The summed E-state index contributed by atoms with van der Waals surface area (Å²) in [7, 11) is 0. The smallest absolute Gasteiger partial charge is 0.416 e. The number of nitrogens with two attached hydrogens (primary N) is 1. The molecular weight excluding hydrogens is 315 g/mol. The van der Waals surface area contributed by atoms with Gasteiger partial charge in [0, 0.05) is 5.56 Å². The maximum Gasteiger partial charge on any atom is 0.416 e. The van der Waals surface area contributed by atoms with Crippen LogP contribution in [0.2, 0.25) is 0 Å². The van der Waals surface area contributed by atoms with E-state index in [2.05, 4.69) is 0 Å². The summed E-state index contributed by atoms with van der Waals surface area (Å²) in [5.41, 5.74) is 5.85. The van der Waals surface area contributed by atoms with E-state index in [4.69, 9.17) is 10.5 Å². The predicted octanol–water partition coefficient (Wildman–Crippen LogP) is 4.52. The second-order valence-corrected chi connectivity index (χ2v) is 4.57. The molecular formula is C16H17ClF3NO. The number of benzene rings is 2. The van der Waals surface area contributed by atoms with E-state index in [1.54, 1.807) is 30.3 Å². The highest BCUT2D eigenvalue weighted by Crippen LogP contribution is 2.35. The topological polar surface area (TPSA) is 35.2 Å². The van der Waals surface area contributed by atoms with Crippen molar-refractivity contribution >= 4 is 12.4 Å². The van der Waals surface area contributed by atoms with Crippen molar-refractivity contribution in [3.63, 3.8) is 0 Å². The molecule has 0 fully saturated rings. The van der Waals surface area contributed by atoms with E-state index in [9.17, 15) is 13.2 Å². The van der Waals surface area contributed by atoms with Gasteiger partial charge in [0.1, 0.15) is 5.75 Å². The average molecular weight is 332 g/mol. The van der Waals surface area contributed by atoms with E-state index in [-0.39, 0.29) is 12.4 Å². The molecule has 0 unspecified atom stereocenters. The molecule has 2 aromatic carbocycles. The summed E-state index contributed by atoms with van der Waals surface area (Å²) in [5.74, 6) is 0.560. The second kappa shape index (κ2) is 8.06. The largest absolute Gasteiger partial charge is 0.493 e. The highest BCUT2D eigenvalue weighted by atomic mass is 35.5. The fourth-order valence-corrected chi connectivity index (χ4v) is 1.96. The van der Waals surface area contributed by atoms with Gasteiger partial charge in [0.2, 0.25) is 0 Å². The van der Waals surface area contributed by atoms with E-state index in [0.29, 0.717) is 36.4 Å². The molecule has 120 valence electrons. The van der Waals surface area contributed by atoms with E-state index < -0.39 is 11.7 Å². The zero-order valence-electron chi connectivity index (χ0n) is 11.8. The highest BCUT2D eigenvalue weighted by Gasteiger charge is 2.30. The molecule has 0 spiro atoms. The van der Waals surface area contributed by atoms with E-state index in [1.807, 2.05) is 0 Å². The summed E-state index contributed by atoms with van der Waals surface area (Å²) >= 11 is 0. The maximum absolute atomic E-state index is 12.8. The molecule has 22 heavy (non-hydrogen) atoms. The SMILES string of the molecule is Cl.NCCCOc1ccccc1-c1cccc(C(F)(F)F)c1. The summed E-state index contributed by atoms with van der Waals surface area (Å²) in [6.07, 6.45) is -3.66. The van der Waals surface area contributed by atoms with Gasteiger partial charge in [-0.1, -0.05) is 30.3 Å². The van der Waals surface area contributed by atoms with Crippen LogP contribution in [0.15, 0.2) is 48.5 Å². The van der Waals surface area contributed by atoms with E-state index in [1.165, 1.54) is 6.07 Å². The Kier molecular flexibility index (Phi) is 6.71. The molecule has 0 saturated carbocycles. The summed E-state index contributed by atoms with van der Waals surface area (Å²) in [6, 6.07) is 12.3. The van der Waals surface area contributed by atoms with Crippen LogP contribution in [-0.4, -0.2) is 13.2 Å². The molecule has 0 saturated heterocycles. The van der Waals surface area contributed by atoms with Gasteiger partial charge in [0.05, 0.1) is 12.2 Å². The Morgan fingerprint density at radius 1 is 1.00 bits per heavy atom. The first-order chi connectivity index (χ1) is 10.0. The number of ether oxygens (including phenoxy) is 1. The van der Waals surface area contributed by atoms with Crippen LogP contribution in [0.4, 0.5) is 13.2 Å². The van der Waals surface area contributed by atoms with Crippen LogP contribution in [0.5, 0.6) is 5.75 Å². The normalized spacial score (nSPS) is 10.9. The molecule has 0 amide bonds. The van der Waals surface area contributed by atoms with Crippen molar-refractivity contribution in [1.29, 1.82) is 0 Å². The Hall–Kier alpha value is -1.72. The lowest BCUT2D eigenvalue weighted by atomic mass is 10.0. The Labute approximate surface area is 133 Å². The lowest BCUT2D eigenvalue weighted by Crippen LogP contribution is -2.07. The fourth-order valence-electron chi connectivity index (χ4n) is 1.96. The third kappa shape index (κ3) is 4.64. The van der Waals surface area contributed by atoms with Gasteiger partial charge < -0.3 is 10.5 Å². The molecule has 6 heteroatoms. The molecule has 0 aliphatic rings. The Balaban J connectivity index is 0.00000242. The lowest BCUT2D eigenvalue weighted by Gasteiger charge is -2.13. The van der Waals surface area contributed by atoms with Crippen LogP contribution in [0.1, 0.15) is 12.0 Å². The van der Waals surface area contributed by atoms with Gasteiger partial charge in [-0.05, 0) is 36.7 Å². The number of rotatable bonds is 5. The van der Waals surface area contributed by atoms with Crippen LogP contribution in [-0.2, 0) is 6.18 Å². The van der Waals surface area contributed by atoms with Crippen molar-refractivity contribution in [3.8, 4) is 16.9 Å². The van der Waals surface area contributed by atoms with Crippen LogP contribution < -0.4 is 10.5 Å². The molecule has 0 radical (unpaired) electrons.